The molecule has 1 aliphatic rings. The van der Waals surface area contributed by atoms with Crippen LogP contribution in [0.4, 0.5) is 10.7 Å². The number of hydrogen-bond donors (Lipinski definition) is 2. The number of piperidine rings is 1. The van der Waals surface area contributed by atoms with Crippen LogP contribution in [0.25, 0.3) is 33.4 Å². The average Bonchev–Trinajstić information content (AvgIpc) is 3.29. The summed E-state index contributed by atoms with van der Waals surface area (Å²) in [5, 5.41) is 2.62. The Labute approximate surface area is 221 Å². The number of H-pyrrole nitrogens is 1. The summed E-state index contributed by atoms with van der Waals surface area (Å²) in [7, 11) is 3.83. The van der Waals surface area contributed by atoms with E-state index in [4.69, 9.17) is 9.47 Å². The zero-order chi connectivity index (χ0) is 25.9. The van der Waals surface area contributed by atoms with Gasteiger partial charge >= 0.3 is 6.09 Å². The number of carbonyl (C=O) groups is 1. The number of carbonyl (C=O) groups excluding carboxylic acids is 1. The first kappa shape index (κ1) is 26.9. The topological polar surface area (TPSA) is 114 Å². The first-order chi connectivity index (χ1) is 17.9. The SMILES string of the molecule is C.CCOC(=O)Nc1nc2c(-c3ccc(OC4CCN(C)CC4)cn3)cc(-c3ccn(C)c(=O)c3)cc2[nH]1. The molecule has 0 atom stereocenters. The summed E-state index contributed by atoms with van der Waals surface area (Å²) in [6.07, 6.45) is 5.03. The molecule has 10 heteroatoms. The number of aromatic amines is 1. The number of benzene rings is 1. The highest BCUT2D eigenvalue weighted by Crippen LogP contribution is 2.33. The summed E-state index contributed by atoms with van der Waals surface area (Å²) in [6.45, 7) is 4.02. The number of likely N-dealkylation sites (tertiary alicyclic amines) is 1. The first-order valence-corrected chi connectivity index (χ1v) is 12.4. The van der Waals surface area contributed by atoms with Gasteiger partial charge in [0.05, 0.1) is 29.5 Å². The molecule has 3 aromatic heterocycles. The van der Waals surface area contributed by atoms with Crippen LogP contribution in [0, 0.1) is 0 Å². The van der Waals surface area contributed by atoms with Crippen LogP contribution in [0.15, 0.2) is 53.6 Å². The lowest BCUT2D eigenvalue weighted by atomic mass is 10.0. The number of aryl methyl sites for hydroxylation is 1. The smallest absolute Gasteiger partial charge is 0.413 e. The molecule has 1 aliphatic heterocycles. The van der Waals surface area contributed by atoms with Crippen molar-refractivity contribution in [2.24, 2.45) is 7.05 Å². The standard InChI is InChI=1S/C27H30N6O4.CH4/c1-4-36-27(35)31-26-29-23-14-18(17-7-12-33(3)24(34)15-17)13-21(25(23)30-26)22-6-5-20(16-28-22)37-19-8-10-32(2)11-9-19;/h5-7,12-16,19H,4,8-11H2,1-3H3,(H2,29,30,31,35);1H4. The molecule has 0 aliphatic carbocycles. The summed E-state index contributed by atoms with van der Waals surface area (Å²) in [5.41, 5.74) is 4.25. The van der Waals surface area contributed by atoms with Gasteiger partial charge in [-0.25, -0.2) is 9.78 Å². The van der Waals surface area contributed by atoms with E-state index >= 15 is 0 Å². The van der Waals surface area contributed by atoms with Gasteiger partial charge in [-0.15, -0.1) is 0 Å². The van der Waals surface area contributed by atoms with Gasteiger partial charge in [0.1, 0.15) is 11.9 Å². The fourth-order valence-electron chi connectivity index (χ4n) is 4.44. The molecule has 0 spiro atoms. The molecule has 1 aromatic carbocycles. The van der Waals surface area contributed by atoms with Crippen molar-refractivity contribution in [3.8, 4) is 28.1 Å². The number of imidazole rings is 1. The number of pyridine rings is 2. The quantitative estimate of drug-likeness (QED) is 0.381. The molecule has 1 amide bonds. The van der Waals surface area contributed by atoms with Gasteiger partial charge in [0, 0.05) is 38.0 Å². The van der Waals surface area contributed by atoms with E-state index in [1.165, 1.54) is 4.57 Å². The monoisotopic (exact) mass is 518 g/mol. The summed E-state index contributed by atoms with van der Waals surface area (Å²) >= 11 is 0. The molecule has 0 unspecified atom stereocenters. The molecule has 5 rings (SSSR count). The molecule has 10 nitrogen and oxygen atoms in total. The number of hydrogen-bond acceptors (Lipinski definition) is 7. The first-order valence-electron chi connectivity index (χ1n) is 12.4. The van der Waals surface area contributed by atoms with Crippen molar-refractivity contribution in [2.75, 3.05) is 32.1 Å². The second-order valence-electron chi connectivity index (χ2n) is 9.22. The van der Waals surface area contributed by atoms with Gasteiger partial charge in [0.25, 0.3) is 5.56 Å². The second kappa shape index (κ2) is 11.5. The fourth-order valence-corrected chi connectivity index (χ4v) is 4.44. The zero-order valence-electron chi connectivity index (χ0n) is 21.2. The third kappa shape index (κ3) is 5.86. The molecule has 200 valence electrons. The van der Waals surface area contributed by atoms with Gasteiger partial charge < -0.3 is 23.9 Å². The fraction of sp³-hybridized carbons (Fsp3) is 0.357. The van der Waals surface area contributed by atoms with Gasteiger partial charge in [0.2, 0.25) is 5.95 Å². The average molecular weight is 519 g/mol. The van der Waals surface area contributed by atoms with Gasteiger partial charge in [-0.1, -0.05) is 7.43 Å². The minimum absolute atomic E-state index is 0. The molecule has 0 radical (unpaired) electrons. The molecule has 0 saturated carbocycles. The number of ether oxygens (including phenoxy) is 2. The third-order valence-corrected chi connectivity index (χ3v) is 6.50. The van der Waals surface area contributed by atoms with Crippen molar-refractivity contribution in [1.82, 2.24) is 24.4 Å². The molecule has 4 heterocycles. The Morgan fingerprint density at radius 1 is 1.13 bits per heavy atom. The van der Waals surface area contributed by atoms with Crippen LogP contribution in [-0.2, 0) is 11.8 Å². The van der Waals surface area contributed by atoms with Crippen molar-refractivity contribution in [1.29, 1.82) is 0 Å². The van der Waals surface area contributed by atoms with Gasteiger partial charge in [-0.2, -0.15) is 0 Å². The van der Waals surface area contributed by atoms with E-state index in [1.54, 1.807) is 32.4 Å². The summed E-state index contributed by atoms with van der Waals surface area (Å²) < 4.78 is 12.7. The van der Waals surface area contributed by atoms with Crippen molar-refractivity contribution < 1.29 is 14.3 Å². The van der Waals surface area contributed by atoms with Crippen molar-refractivity contribution in [2.45, 2.75) is 33.3 Å². The lowest BCUT2D eigenvalue weighted by molar-refractivity contribution is 0.114. The molecule has 1 saturated heterocycles. The highest BCUT2D eigenvalue weighted by Gasteiger charge is 2.19. The predicted octanol–water partition coefficient (Wildman–Crippen LogP) is 4.67. The van der Waals surface area contributed by atoms with Gasteiger partial charge in [0.15, 0.2) is 0 Å². The van der Waals surface area contributed by atoms with E-state index in [-0.39, 0.29) is 31.6 Å². The number of nitrogens with one attached hydrogen (secondary N) is 2. The number of nitrogens with zero attached hydrogens (tertiary/aromatic N) is 4. The van der Waals surface area contributed by atoms with Crippen molar-refractivity contribution in [3.63, 3.8) is 0 Å². The second-order valence-corrected chi connectivity index (χ2v) is 9.22. The maximum Gasteiger partial charge on any atom is 0.413 e. The molecular weight excluding hydrogens is 484 g/mol. The predicted molar refractivity (Wildman–Crippen MR) is 149 cm³/mol. The van der Waals surface area contributed by atoms with Crippen LogP contribution in [-0.4, -0.2) is 63.4 Å². The van der Waals surface area contributed by atoms with E-state index in [0.29, 0.717) is 16.7 Å². The highest BCUT2D eigenvalue weighted by atomic mass is 16.5. The number of fused-ring (bicyclic) bond motifs is 1. The lowest BCUT2D eigenvalue weighted by Gasteiger charge is -2.29. The Kier molecular flexibility index (Phi) is 8.11. The number of amides is 1. The van der Waals surface area contributed by atoms with E-state index in [1.807, 2.05) is 30.3 Å². The molecule has 4 aromatic rings. The lowest BCUT2D eigenvalue weighted by Crippen LogP contribution is -2.35. The van der Waals surface area contributed by atoms with Crippen LogP contribution in [0.1, 0.15) is 27.2 Å². The van der Waals surface area contributed by atoms with E-state index in [9.17, 15) is 9.59 Å². The largest absolute Gasteiger partial charge is 0.489 e. The molecular formula is C28H34N6O4. The third-order valence-electron chi connectivity index (χ3n) is 6.50. The molecule has 38 heavy (non-hydrogen) atoms. The van der Waals surface area contributed by atoms with Crippen LogP contribution in [0.3, 0.4) is 0 Å². The minimum Gasteiger partial charge on any atom is -0.489 e. The van der Waals surface area contributed by atoms with Crippen molar-refractivity contribution >= 4 is 23.1 Å². The Morgan fingerprint density at radius 2 is 1.92 bits per heavy atom. The highest BCUT2D eigenvalue weighted by molar-refractivity contribution is 5.97. The van der Waals surface area contributed by atoms with Crippen LogP contribution in [0.5, 0.6) is 5.75 Å². The summed E-state index contributed by atoms with van der Waals surface area (Å²) in [5.74, 6) is 0.988. The van der Waals surface area contributed by atoms with E-state index in [2.05, 4.69) is 32.2 Å². The Hall–Kier alpha value is -4.18. The maximum absolute atomic E-state index is 12.3. The Balaban J connectivity index is 0.00000336. The van der Waals surface area contributed by atoms with Crippen LogP contribution in [0.2, 0.25) is 0 Å². The maximum atomic E-state index is 12.3. The zero-order valence-corrected chi connectivity index (χ0v) is 21.2. The van der Waals surface area contributed by atoms with Gasteiger partial charge in [-0.3, -0.25) is 15.1 Å². The van der Waals surface area contributed by atoms with Crippen LogP contribution >= 0.6 is 0 Å². The number of rotatable bonds is 6. The Bertz CT molecular complexity index is 1470. The van der Waals surface area contributed by atoms with E-state index < -0.39 is 6.09 Å². The molecule has 0 bridgehead atoms. The van der Waals surface area contributed by atoms with Gasteiger partial charge in [-0.05, 0) is 68.3 Å². The normalized spacial score (nSPS) is 14.2. The minimum atomic E-state index is -0.594. The number of aromatic nitrogens is 4. The molecule has 1 fully saturated rings. The molecule has 2 N–H and O–H groups in total. The summed E-state index contributed by atoms with van der Waals surface area (Å²) in [6, 6.07) is 11.1. The van der Waals surface area contributed by atoms with Crippen molar-refractivity contribution in [3.05, 3.63) is 59.1 Å². The number of anilines is 1. The Morgan fingerprint density at radius 3 is 2.61 bits per heavy atom. The van der Waals surface area contributed by atoms with E-state index in [0.717, 1.165) is 48.4 Å². The summed E-state index contributed by atoms with van der Waals surface area (Å²) in [4.78, 5) is 39.0. The van der Waals surface area contributed by atoms with Crippen LogP contribution < -0.4 is 15.6 Å².